The molecule has 0 bridgehead atoms. The number of ether oxygens (including phenoxy) is 1. The summed E-state index contributed by atoms with van der Waals surface area (Å²) in [5.41, 5.74) is 8.54. The SMILES string of the molecule is Cc1cnc(C(=O)Nc2ccc3c(C(=Nc4ccc(C(=O)O)cc4)c4ccccc4)c(O)[nH]c3c2)[nH]1.Cc1cnc(C(=O)Nc2ccc3c(C(=Nc4ccc(C(=O)OC(C)(C)C)cc4)c4ccccc4)c(O)[nH]c3c2)[nH]1.O=CO. The van der Waals surface area contributed by atoms with E-state index in [1.165, 1.54) is 12.1 Å². The number of nitrogens with one attached hydrogen (secondary N) is 6. The number of aliphatic imine (C=N–C) groups is 2. The lowest BCUT2D eigenvalue weighted by atomic mass is 10.0. The zero-order chi connectivity index (χ0) is 56.4. The minimum atomic E-state index is -1.02. The van der Waals surface area contributed by atoms with E-state index in [9.17, 15) is 34.5 Å². The fourth-order valence-corrected chi connectivity index (χ4v) is 8.11. The Labute approximate surface area is 450 Å². The van der Waals surface area contributed by atoms with E-state index in [4.69, 9.17) is 24.6 Å². The van der Waals surface area contributed by atoms with Gasteiger partial charge in [0.1, 0.15) is 5.60 Å². The summed E-state index contributed by atoms with van der Waals surface area (Å²) in [4.78, 5) is 86.5. The van der Waals surface area contributed by atoms with Crippen LogP contribution in [0.2, 0.25) is 0 Å². The summed E-state index contributed by atoms with van der Waals surface area (Å²) < 4.78 is 5.45. The van der Waals surface area contributed by atoms with Crippen molar-refractivity contribution >= 4 is 86.2 Å². The normalized spacial score (nSPS) is 11.5. The van der Waals surface area contributed by atoms with Gasteiger partial charge in [-0.25, -0.2) is 29.5 Å². The smallest absolute Gasteiger partial charge is 0.338 e. The number of hydrogen-bond acceptors (Lipinski definition) is 12. The average molecular weight is 1060 g/mol. The second-order valence-electron chi connectivity index (χ2n) is 18.6. The number of imidazole rings is 2. The third-order valence-corrected chi connectivity index (χ3v) is 11.6. The fraction of sp³-hybridized carbons (Fsp3) is 0.102. The highest BCUT2D eigenvalue weighted by Crippen LogP contribution is 2.35. The molecule has 4 heterocycles. The van der Waals surface area contributed by atoms with Crippen LogP contribution in [0.15, 0.2) is 168 Å². The van der Waals surface area contributed by atoms with Gasteiger partial charge >= 0.3 is 11.9 Å². The van der Waals surface area contributed by atoms with Crippen molar-refractivity contribution in [3.63, 3.8) is 0 Å². The highest BCUT2D eigenvalue weighted by Gasteiger charge is 2.23. The molecule has 10 aromatic rings. The molecule has 10 N–H and O–H groups in total. The number of esters is 1. The van der Waals surface area contributed by atoms with Gasteiger partial charge in [-0.2, -0.15) is 0 Å². The molecule has 0 saturated heterocycles. The number of aromatic amines is 4. The van der Waals surface area contributed by atoms with Crippen LogP contribution in [0.5, 0.6) is 11.8 Å². The molecule has 0 spiro atoms. The van der Waals surface area contributed by atoms with Gasteiger partial charge in [0.2, 0.25) is 0 Å². The van der Waals surface area contributed by atoms with Crippen molar-refractivity contribution in [3.05, 3.63) is 214 Å². The number of hydrogen-bond donors (Lipinski definition) is 10. The van der Waals surface area contributed by atoms with Crippen molar-refractivity contribution in [1.29, 1.82) is 0 Å². The van der Waals surface area contributed by atoms with Gasteiger partial charge in [0, 0.05) is 57.1 Å². The van der Waals surface area contributed by atoms with Crippen molar-refractivity contribution in [2.45, 2.75) is 40.2 Å². The number of H-pyrrole nitrogens is 4. The van der Waals surface area contributed by atoms with Gasteiger partial charge in [-0.1, -0.05) is 60.7 Å². The molecule has 10 rings (SSSR count). The van der Waals surface area contributed by atoms with Crippen LogP contribution in [0, 0.1) is 13.8 Å². The van der Waals surface area contributed by atoms with Crippen LogP contribution in [0.25, 0.3) is 21.8 Å². The van der Waals surface area contributed by atoms with Gasteiger partial charge < -0.3 is 55.7 Å². The van der Waals surface area contributed by atoms with E-state index in [0.29, 0.717) is 67.3 Å². The molecule has 0 saturated carbocycles. The number of aromatic carboxylic acids is 1. The van der Waals surface area contributed by atoms with Crippen LogP contribution < -0.4 is 10.6 Å². The summed E-state index contributed by atoms with van der Waals surface area (Å²) >= 11 is 0. The van der Waals surface area contributed by atoms with Gasteiger partial charge in [0.15, 0.2) is 23.4 Å². The Balaban J connectivity index is 0.000000199. The summed E-state index contributed by atoms with van der Waals surface area (Å²) in [6.07, 6.45) is 3.16. The first-order valence-electron chi connectivity index (χ1n) is 24.3. The molecule has 20 heteroatoms. The fourth-order valence-electron chi connectivity index (χ4n) is 8.11. The summed E-state index contributed by atoms with van der Waals surface area (Å²) in [6.45, 7) is 8.84. The molecule has 0 unspecified atom stereocenters. The number of aromatic hydroxyl groups is 2. The van der Waals surface area contributed by atoms with E-state index >= 15 is 0 Å². The van der Waals surface area contributed by atoms with Crippen molar-refractivity contribution in [1.82, 2.24) is 29.9 Å². The van der Waals surface area contributed by atoms with E-state index in [1.807, 2.05) is 101 Å². The van der Waals surface area contributed by atoms with Gasteiger partial charge in [-0.05, 0) is 120 Å². The van der Waals surface area contributed by atoms with Crippen molar-refractivity contribution in [2.24, 2.45) is 9.98 Å². The predicted molar refractivity (Wildman–Crippen MR) is 300 cm³/mol. The Morgan fingerprint density at radius 2 is 0.949 bits per heavy atom. The van der Waals surface area contributed by atoms with Gasteiger partial charge in [0.25, 0.3) is 18.3 Å². The van der Waals surface area contributed by atoms with Crippen LogP contribution in [0.1, 0.15) is 96.4 Å². The number of carboxylic acids is 1. The molecule has 2 amide bonds. The first kappa shape index (κ1) is 54.4. The minimum Gasteiger partial charge on any atom is -0.494 e. The van der Waals surface area contributed by atoms with Crippen molar-refractivity contribution < 1.29 is 49.1 Å². The number of rotatable bonds is 12. The number of carbonyl (C=O) groups excluding carboxylic acids is 3. The molecular weight excluding hydrogens is 1010 g/mol. The molecule has 6 aromatic carbocycles. The number of fused-ring (bicyclic) bond motifs is 2. The number of benzene rings is 6. The van der Waals surface area contributed by atoms with Gasteiger partial charge in [-0.15, -0.1) is 0 Å². The summed E-state index contributed by atoms with van der Waals surface area (Å²) in [5.74, 6) is -1.91. The van der Waals surface area contributed by atoms with Crippen molar-refractivity contribution in [3.8, 4) is 11.8 Å². The molecule has 4 aromatic heterocycles. The number of aromatic nitrogens is 6. The standard InChI is InChI=1S/C31H29N5O4.C27H21N5O4.CH2O2/c1-18-17-32-27(33-18)29(38)35-22-14-15-23-24(16-22)36-28(37)25(23)26(19-8-6-5-7-9-19)34-21-12-10-20(11-13-21)30(39)40-31(2,3)4;1-15-14-28-24(29-15)26(34)31-19-11-12-20-21(13-19)32-25(33)22(20)23(16-5-3-2-4-6-16)30-18-9-7-17(8-10-18)27(35)36;2-1-3/h5-17,36-37H,1-4H3,(H,32,33)(H,35,38);2-14,32-33H,1H3,(H,28,29)(H,31,34)(H,35,36);1H,(H,2,3). The summed E-state index contributed by atoms with van der Waals surface area (Å²) in [7, 11) is 0. The maximum atomic E-state index is 12.6. The monoisotopic (exact) mass is 1060 g/mol. The maximum absolute atomic E-state index is 12.6. The highest BCUT2D eigenvalue weighted by molar-refractivity contribution is 6.23. The number of nitrogens with zero attached hydrogens (tertiary/aromatic N) is 4. The van der Waals surface area contributed by atoms with Crippen LogP contribution in [0.3, 0.4) is 0 Å². The zero-order valence-electron chi connectivity index (χ0n) is 43.1. The van der Waals surface area contributed by atoms with Crippen LogP contribution in [-0.2, 0) is 9.53 Å². The molecule has 0 atom stereocenters. The predicted octanol–water partition coefficient (Wildman–Crippen LogP) is 11.0. The minimum absolute atomic E-state index is 0.0619. The van der Waals surface area contributed by atoms with Gasteiger partial charge in [-0.3, -0.25) is 14.4 Å². The third kappa shape index (κ3) is 13.3. The number of anilines is 2. The lowest BCUT2D eigenvalue weighted by Crippen LogP contribution is -2.23. The zero-order valence-corrected chi connectivity index (χ0v) is 43.1. The average Bonchev–Trinajstić information content (AvgIpc) is 4.40. The molecule has 0 radical (unpaired) electrons. The van der Waals surface area contributed by atoms with Crippen LogP contribution >= 0.6 is 0 Å². The number of carbonyl (C=O) groups is 5. The Bertz CT molecular complexity index is 3910. The maximum Gasteiger partial charge on any atom is 0.338 e. The third-order valence-electron chi connectivity index (χ3n) is 11.6. The van der Waals surface area contributed by atoms with Gasteiger partial charge in [0.05, 0.1) is 56.1 Å². The number of amides is 2. The molecular formula is C59H52N10O10. The Hall–Kier alpha value is -10.9. The first-order chi connectivity index (χ1) is 37.9. The van der Waals surface area contributed by atoms with E-state index in [0.717, 1.165) is 27.9 Å². The van der Waals surface area contributed by atoms with Crippen LogP contribution in [0.4, 0.5) is 22.7 Å². The molecule has 0 aliphatic heterocycles. The molecule has 0 aliphatic carbocycles. The second kappa shape index (κ2) is 23.8. The molecule has 0 aliphatic rings. The Morgan fingerprint density at radius 3 is 1.30 bits per heavy atom. The van der Waals surface area contributed by atoms with E-state index in [2.05, 4.69) is 40.5 Å². The Kier molecular flexibility index (Phi) is 16.4. The molecule has 79 heavy (non-hydrogen) atoms. The topological polar surface area (TPSA) is 313 Å². The number of carboxylic acid groups (broad SMARTS) is 2. The molecule has 0 fully saturated rings. The van der Waals surface area contributed by atoms with Crippen molar-refractivity contribution in [2.75, 3.05) is 10.6 Å². The van der Waals surface area contributed by atoms with E-state index < -0.39 is 17.5 Å². The lowest BCUT2D eigenvalue weighted by Gasteiger charge is -2.19. The Morgan fingerprint density at radius 1 is 0.557 bits per heavy atom. The highest BCUT2D eigenvalue weighted by atomic mass is 16.6. The van der Waals surface area contributed by atoms with Crippen LogP contribution in [-0.4, -0.2) is 97.6 Å². The number of aryl methyl sites for hydroxylation is 2. The first-order valence-corrected chi connectivity index (χ1v) is 24.3. The molecule has 20 nitrogen and oxygen atoms in total. The summed E-state index contributed by atoms with van der Waals surface area (Å²) in [5, 5.41) is 45.0. The van der Waals surface area contributed by atoms with E-state index in [-0.39, 0.29) is 47.3 Å². The molecule has 398 valence electrons. The van der Waals surface area contributed by atoms with E-state index in [1.54, 1.807) is 79.1 Å². The lowest BCUT2D eigenvalue weighted by molar-refractivity contribution is -0.122. The quantitative estimate of drug-likeness (QED) is 0.0310. The second-order valence-corrected chi connectivity index (χ2v) is 18.6. The largest absolute Gasteiger partial charge is 0.494 e. The summed E-state index contributed by atoms with van der Waals surface area (Å²) in [6, 6.07) is 42.4.